The maximum Gasteiger partial charge on any atom is 0.499 e. The standard InChI is InChI=1S/C49H52F4N4O15S6/c1-9-48(6,7)46(58)71-34-20-22-57(23-21-34)77(67,68)42-13-11-10-12-38(42)43-36-17-15-32(54-44-29(3)24-35(25-30(44)4)74(61,62)47(73(8,59)60)75(63,64)49(50,51)52)26-39(36)72-40-27-33(16-18-37(40)43)55-45-28(2)14-19-41(31(45)5)76(65,66)56-78(53,69)70/h10-19,24-27,34,47,54,56H,9,20-23H2,1-8H3/b55-33+. The van der Waals surface area contributed by atoms with Crippen LogP contribution < -0.4 is 14.8 Å². The molecule has 4 aromatic carbocycles. The third kappa shape index (κ3) is 11.9. The molecule has 0 saturated carbocycles. The third-order valence-electron chi connectivity index (χ3n) is 13.2. The fourth-order valence-electron chi connectivity index (χ4n) is 8.86. The lowest BCUT2D eigenvalue weighted by Crippen LogP contribution is -2.44. The number of esters is 1. The van der Waals surface area contributed by atoms with Crippen molar-refractivity contribution in [2.45, 2.75) is 97.9 Å². The van der Waals surface area contributed by atoms with Crippen LogP contribution in [-0.2, 0) is 69.5 Å². The average Bonchev–Trinajstić information content (AvgIpc) is 3.50. The summed E-state index contributed by atoms with van der Waals surface area (Å²) in [5.74, 6) is -0.309. The summed E-state index contributed by atoms with van der Waals surface area (Å²) in [7, 11) is -33.0. The number of sulfone groups is 3. The number of piperidine rings is 1. The number of carbonyl (C=O) groups is 1. The second-order valence-corrected chi connectivity index (χ2v) is 31.3. The van der Waals surface area contributed by atoms with Crippen LogP contribution in [0.3, 0.4) is 0 Å². The Kier molecular flexibility index (Phi) is 16.1. The van der Waals surface area contributed by atoms with Crippen LogP contribution in [0.25, 0.3) is 33.4 Å². The number of hydrogen-bond acceptors (Lipinski definition) is 17. The largest absolute Gasteiger partial charge is 0.499 e. The molecule has 0 spiro atoms. The molecule has 2 N–H and O–H groups in total. The predicted octanol–water partition coefficient (Wildman–Crippen LogP) is 8.08. The van der Waals surface area contributed by atoms with Gasteiger partial charge in [-0.25, -0.2) is 47.1 Å². The molecule has 1 saturated heterocycles. The number of aryl methyl sites for hydroxylation is 3. The summed E-state index contributed by atoms with van der Waals surface area (Å²) in [6.07, 6.45) is 0.520. The monoisotopic (exact) mass is 1200 g/mol. The molecule has 0 bridgehead atoms. The third-order valence-corrected chi connectivity index (χ3v) is 26.2. The van der Waals surface area contributed by atoms with Gasteiger partial charge in [0.15, 0.2) is 9.84 Å². The summed E-state index contributed by atoms with van der Waals surface area (Å²) in [5, 5.41) is 3.58. The number of halogens is 4. The first-order valence-corrected chi connectivity index (χ1v) is 32.7. The number of fused-ring (bicyclic) bond motifs is 2. The van der Waals surface area contributed by atoms with Gasteiger partial charge in [-0.3, -0.25) is 4.79 Å². The molecule has 0 amide bonds. The number of anilines is 2. The van der Waals surface area contributed by atoms with Crippen molar-refractivity contribution in [3.05, 3.63) is 113 Å². The number of carbonyl (C=O) groups excluding carboxylic acids is 1. The Morgan fingerprint density at radius 3 is 1.97 bits per heavy atom. The van der Waals surface area contributed by atoms with Gasteiger partial charge in [0.05, 0.1) is 31.1 Å². The van der Waals surface area contributed by atoms with Crippen LogP contribution in [0.15, 0.2) is 109 Å². The van der Waals surface area contributed by atoms with Crippen LogP contribution in [0.4, 0.5) is 34.1 Å². The molecule has 1 atom stereocenters. The van der Waals surface area contributed by atoms with Crippen LogP contribution >= 0.6 is 0 Å². The summed E-state index contributed by atoms with van der Waals surface area (Å²) < 4.78 is 220. The molecule has 0 aromatic heterocycles. The van der Waals surface area contributed by atoms with E-state index in [-0.39, 0.29) is 93.1 Å². The second kappa shape index (κ2) is 21.0. The highest BCUT2D eigenvalue weighted by Gasteiger charge is 2.60. The number of alkyl halides is 3. The van der Waals surface area contributed by atoms with E-state index in [1.54, 1.807) is 57.2 Å². The highest BCUT2D eigenvalue weighted by molar-refractivity contribution is 8.24. The summed E-state index contributed by atoms with van der Waals surface area (Å²) in [6.45, 7) is 11.0. The van der Waals surface area contributed by atoms with Crippen LogP contribution in [-0.4, -0.2) is 95.7 Å². The topological polar surface area (TPSA) is 284 Å². The summed E-state index contributed by atoms with van der Waals surface area (Å²) in [5.41, 5.74) is -5.15. The molecule has 422 valence electrons. The van der Waals surface area contributed by atoms with Crippen molar-refractivity contribution in [3.63, 3.8) is 0 Å². The molecular formula is C49H52F4N4O15S6. The minimum atomic E-state index is -6.82. The predicted molar refractivity (Wildman–Crippen MR) is 282 cm³/mol. The van der Waals surface area contributed by atoms with E-state index in [9.17, 15) is 72.4 Å². The first-order valence-electron chi connectivity index (χ1n) is 23.4. The number of rotatable bonds is 16. The molecule has 19 nitrogen and oxygen atoms in total. The Bertz CT molecular complexity index is 4160. The van der Waals surface area contributed by atoms with E-state index < -0.39 is 96.7 Å². The van der Waals surface area contributed by atoms with Gasteiger partial charge in [-0.15, -0.1) is 0 Å². The Labute approximate surface area is 449 Å². The van der Waals surface area contributed by atoms with Crippen molar-refractivity contribution in [2.75, 3.05) is 24.7 Å². The summed E-state index contributed by atoms with van der Waals surface area (Å²) >= 11 is 0. The molecule has 29 heteroatoms. The molecule has 78 heavy (non-hydrogen) atoms. The van der Waals surface area contributed by atoms with Gasteiger partial charge in [0, 0.05) is 64.9 Å². The zero-order valence-corrected chi connectivity index (χ0v) is 47.7. The van der Waals surface area contributed by atoms with Crippen molar-refractivity contribution in [3.8, 4) is 22.5 Å². The molecule has 2 heterocycles. The van der Waals surface area contributed by atoms with E-state index in [2.05, 4.69) is 10.3 Å². The Morgan fingerprint density at radius 1 is 0.782 bits per heavy atom. The van der Waals surface area contributed by atoms with Gasteiger partial charge in [0.25, 0.3) is 23.8 Å². The normalized spacial score (nSPS) is 15.7. The number of hydrogen-bond donors (Lipinski definition) is 2. The van der Waals surface area contributed by atoms with E-state index in [0.29, 0.717) is 28.5 Å². The van der Waals surface area contributed by atoms with Gasteiger partial charge in [-0.05, 0) is 132 Å². The molecular weight excluding hydrogens is 1150 g/mol. The molecule has 2 aliphatic heterocycles. The van der Waals surface area contributed by atoms with Crippen molar-refractivity contribution in [1.82, 2.24) is 8.43 Å². The van der Waals surface area contributed by atoms with Crippen molar-refractivity contribution in [1.29, 1.82) is 0 Å². The number of benzene rings is 5. The first-order chi connectivity index (χ1) is 35.8. The van der Waals surface area contributed by atoms with E-state index >= 15 is 0 Å². The number of sulfonamides is 2. The van der Waals surface area contributed by atoms with Crippen LogP contribution in [0.2, 0.25) is 0 Å². The molecule has 7 rings (SSSR count). The van der Waals surface area contributed by atoms with E-state index in [1.807, 2.05) is 6.92 Å². The van der Waals surface area contributed by atoms with Gasteiger partial charge in [0.2, 0.25) is 19.9 Å². The van der Waals surface area contributed by atoms with E-state index in [1.165, 1.54) is 55.4 Å². The summed E-state index contributed by atoms with van der Waals surface area (Å²) in [6, 6.07) is 19.4. The SMILES string of the molecule is CCC(C)(C)C(=O)OC1CCN(S(=O)(=O)c2ccccc2-c2c3cc/c(=N\c4c(C)ccc(S(=O)(=O)NS(=O)(=O)F)c4C)cc-3oc3cc(Nc4c(C)cc(S(=O)(=O)C(S(C)(=O)=O)S(=O)(=O)C(F)(F)F)cc4C)ccc23)CC1. The van der Waals surface area contributed by atoms with Crippen molar-refractivity contribution < 1.29 is 81.5 Å². The van der Waals surface area contributed by atoms with Gasteiger partial charge in [-0.1, -0.05) is 39.2 Å². The molecule has 3 aliphatic rings. The fraction of sp³-hybridized carbons (Fsp3) is 0.347. The van der Waals surface area contributed by atoms with Gasteiger partial charge < -0.3 is 14.5 Å². The number of ether oxygens (including phenoxy) is 1. The molecule has 1 unspecified atom stereocenters. The Balaban J connectivity index is 1.38. The fourth-order valence-corrected chi connectivity index (χ4v) is 20.1. The number of nitrogens with zero attached hydrogens (tertiary/aromatic N) is 2. The smallest absolute Gasteiger partial charge is 0.462 e. The zero-order valence-electron chi connectivity index (χ0n) is 42.8. The van der Waals surface area contributed by atoms with Gasteiger partial charge in [0.1, 0.15) is 17.4 Å². The van der Waals surface area contributed by atoms with Gasteiger partial charge in [-0.2, -0.15) is 25.9 Å². The lowest BCUT2D eigenvalue weighted by atomic mass is 9.90. The highest BCUT2D eigenvalue weighted by Crippen LogP contribution is 2.45. The average molecular weight is 1210 g/mol. The van der Waals surface area contributed by atoms with Crippen molar-refractivity contribution >= 4 is 94.0 Å². The number of nitrogens with one attached hydrogen (secondary N) is 2. The molecule has 0 radical (unpaired) electrons. The van der Waals surface area contributed by atoms with Gasteiger partial charge >= 0.3 is 21.9 Å². The molecule has 4 aromatic rings. The zero-order chi connectivity index (χ0) is 58.1. The van der Waals surface area contributed by atoms with Crippen LogP contribution in [0, 0.1) is 33.1 Å². The molecule has 1 aliphatic carbocycles. The van der Waals surface area contributed by atoms with Crippen LogP contribution in [0.5, 0.6) is 0 Å². The summed E-state index contributed by atoms with van der Waals surface area (Å²) in [4.78, 5) is 15.8. The van der Waals surface area contributed by atoms with Crippen LogP contribution in [0.1, 0.15) is 62.3 Å². The van der Waals surface area contributed by atoms with E-state index in [4.69, 9.17) is 9.15 Å². The lowest BCUT2D eigenvalue weighted by Gasteiger charge is -2.33. The minimum Gasteiger partial charge on any atom is -0.462 e. The first kappa shape index (κ1) is 59.8. The quantitative estimate of drug-likeness (QED) is 0.0401. The maximum atomic E-state index is 14.8. The van der Waals surface area contributed by atoms with E-state index in [0.717, 1.165) is 22.3 Å². The molecule has 1 fully saturated rings. The highest BCUT2D eigenvalue weighted by atomic mass is 32.3. The Morgan fingerprint density at radius 2 is 1.40 bits per heavy atom. The lowest BCUT2D eigenvalue weighted by molar-refractivity contribution is -0.161. The maximum absolute atomic E-state index is 14.8. The second-order valence-electron chi connectivity index (χ2n) is 19.3. The minimum absolute atomic E-state index is 0.0170. The van der Waals surface area contributed by atoms with Crippen molar-refractivity contribution in [2.24, 2.45) is 10.4 Å². The Hall–Kier alpha value is -5.82.